The number of nitrogens with one attached hydrogen (secondary N) is 1. The summed E-state index contributed by atoms with van der Waals surface area (Å²) in [5.74, 6) is -0.202. The van der Waals surface area contributed by atoms with Gasteiger partial charge in [0.1, 0.15) is 0 Å². The Morgan fingerprint density at radius 3 is 3.06 bits per heavy atom. The lowest BCUT2D eigenvalue weighted by molar-refractivity contribution is -0.113. The van der Waals surface area contributed by atoms with Gasteiger partial charge in [0.05, 0.1) is 28.6 Å². The summed E-state index contributed by atoms with van der Waals surface area (Å²) in [5.41, 5.74) is 0.883. The van der Waals surface area contributed by atoms with Gasteiger partial charge in [-0.25, -0.2) is 4.79 Å². The van der Waals surface area contributed by atoms with E-state index in [1.54, 1.807) is 19.1 Å². The van der Waals surface area contributed by atoms with E-state index in [1.165, 1.54) is 11.8 Å². The van der Waals surface area contributed by atoms with Crippen molar-refractivity contribution in [1.29, 1.82) is 0 Å². The standard InChI is InChI=1S/C11H10ClNO3S/c1-2-16-11(15)6-3-8-9(4-7(6)12)17-5-10(14)13-8/h3-4H,2,5H2,1H3,(H,13,14). The molecule has 0 atom stereocenters. The van der Waals surface area contributed by atoms with Gasteiger partial charge in [0, 0.05) is 4.90 Å². The van der Waals surface area contributed by atoms with Crippen LogP contribution in [0.1, 0.15) is 17.3 Å². The van der Waals surface area contributed by atoms with Crippen LogP contribution >= 0.6 is 23.4 Å². The van der Waals surface area contributed by atoms with E-state index in [2.05, 4.69) is 5.32 Å². The molecule has 0 unspecified atom stereocenters. The lowest BCUT2D eigenvalue weighted by atomic mass is 10.2. The second-order valence-corrected chi connectivity index (χ2v) is 4.81. The summed E-state index contributed by atoms with van der Waals surface area (Å²) in [6.45, 7) is 2.01. The number of hydrogen-bond donors (Lipinski definition) is 1. The van der Waals surface area contributed by atoms with Gasteiger partial charge < -0.3 is 10.1 Å². The second kappa shape index (κ2) is 4.98. The average Bonchev–Trinajstić information content (AvgIpc) is 2.29. The van der Waals surface area contributed by atoms with Crippen LogP contribution in [0.2, 0.25) is 5.02 Å². The zero-order valence-electron chi connectivity index (χ0n) is 9.08. The van der Waals surface area contributed by atoms with Crippen LogP contribution < -0.4 is 5.32 Å². The summed E-state index contributed by atoms with van der Waals surface area (Å²) in [6.07, 6.45) is 0. The Labute approximate surface area is 108 Å². The van der Waals surface area contributed by atoms with E-state index >= 15 is 0 Å². The molecule has 6 heteroatoms. The molecular weight excluding hydrogens is 262 g/mol. The lowest BCUT2D eigenvalue weighted by Crippen LogP contribution is -2.19. The molecule has 0 bridgehead atoms. The normalized spacial score (nSPS) is 13.9. The highest BCUT2D eigenvalue weighted by atomic mass is 35.5. The molecule has 1 aromatic rings. The fraction of sp³-hybridized carbons (Fsp3) is 0.273. The minimum absolute atomic E-state index is 0.0837. The summed E-state index contributed by atoms with van der Waals surface area (Å²) in [5, 5.41) is 3.04. The van der Waals surface area contributed by atoms with E-state index in [4.69, 9.17) is 16.3 Å². The van der Waals surface area contributed by atoms with Gasteiger partial charge in [-0.2, -0.15) is 0 Å². The van der Waals surface area contributed by atoms with Crippen LogP contribution in [0, 0.1) is 0 Å². The number of thioether (sulfide) groups is 1. The largest absolute Gasteiger partial charge is 0.462 e. The third-order valence-corrected chi connectivity index (χ3v) is 3.57. The maximum Gasteiger partial charge on any atom is 0.339 e. The fourth-order valence-corrected chi connectivity index (χ4v) is 2.60. The van der Waals surface area contributed by atoms with E-state index in [1.807, 2.05) is 0 Å². The molecule has 1 heterocycles. The summed E-state index contributed by atoms with van der Waals surface area (Å²) in [6, 6.07) is 3.23. The van der Waals surface area contributed by atoms with Crippen molar-refractivity contribution in [3.05, 3.63) is 22.7 Å². The molecule has 0 fully saturated rings. The Hall–Kier alpha value is -1.20. The number of rotatable bonds is 2. The maximum absolute atomic E-state index is 11.6. The SMILES string of the molecule is CCOC(=O)c1cc2c(cc1Cl)SCC(=O)N2. The topological polar surface area (TPSA) is 55.4 Å². The van der Waals surface area contributed by atoms with E-state index in [0.717, 1.165) is 4.90 Å². The Morgan fingerprint density at radius 2 is 2.35 bits per heavy atom. The highest BCUT2D eigenvalue weighted by Crippen LogP contribution is 2.35. The van der Waals surface area contributed by atoms with E-state index < -0.39 is 5.97 Å². The quantitative estimate of drug-likeness (QED) is 0.840. The Balaban J connectivity index is 2.38. The first kappa shape index (κ1) is 12.3. The first-order chi connectivity index (χ1) is 8.11. The van der Waals surface area contributed by atoms with Crippen LogP contribution in [0.15, 0.2) is 17.0 Å². The number of esters is 1. The van der Waals surface area contributed by atoms with Gasteiger partial charge in [0.2, 0.25) is 5.91 Å². The molecule has 1 N–H and O–H groups in total. The van der Waals surface area contributed by atoms with Crippen LogP contribution in [-0.4, -0.2) is 24.2 Å². The molecule has 0 aromatic heterocycles. The Bertz CT molecular complexity index is 490. The molecular formula is C11H10ClNO3S. The molecule has 1 aliphatic heterocycles. The molecule has 4 nitrogen and oxygen atoms in total. The molecule has 0 spiro atoms. The number of amides is 1. The predicted octanol–water partition coefficient (Wildman–Crippen LogP) is 2.56. The molecule has 1 aromatic carbocycles. The van der Waals surface area contributed by atoms with Gasteiger partial charge in [-0.1, -0.05) is 11.6 Å². The minimum atomic E-state index is -0.481. The smallest absolute Gasteiger partial charge is 0.339 e. The second-order valence-electron chi connectivity index (χ2n) is 3.39. The van der Waals surface area contributed by atoms with Crippen molar-refractivity contribution >= 4 is 40.9 Å². The highest BCUT2D eigenvalue weighted by molar-refractivity contribution is 8.00. The maximum atomic E-state index is 11.6. The van der Waals surface area contributed by atoms with Crippen LogP contribution in [-0.2, 0) is 9.53 Å². The van der Waals surface area contributed by atoms with Crippen LogP contribution in [0.25, 0.3) is 0 Å². The number of halogens is 1. The Morgan fingerprint density at radius 1 is 1.59 bits per heavy atom. The van der Waals surface area contributed by atoms with E-state index in [0.29, 0.717) is 16.5 Å². The minimum Gasteiger partial charge on any atom is -0.462 e. The molecule has 0 saturated carbocycles. The van der Waals surface area contributed by atoms with Gasteiger partial charge >= 0.3 is 5.97 Å². The van der Waals surface area contributed by atoms with Crippen molar-refractivity contribution in [3.63, 3.8) is 0 Å². The fourth-order valence-electron chi connectivity index (χ4n) is 1.47. The van der Waals surface area contributed by atoms with Crippen molar-refractivity contribution in [2.24, 2.45) is 0 Å². The summed E-state index contributed by atoms with van der Waals surface area (Å²) >= 11 is 7.40. The van der Waals surface area contributed by atoms with Gasteiger partial charge in [-0.15, -0.1) is 11.8 Å². The molecule has 0 radical (unpaired) electrons. The number of anilines is 1. The zero-order chi connectivity index (χ0) is 12.4. The third kappa shape index (κ3) is 2.56. The molecule has 2 rings (SSSR count). The molecule has 17 heavy (non-hydrogen) atoms. The number of ether oxygens (including phenoxy) is 1. The number of benzene rings is 1. The van der Waals surface area contributed by atoms with Gasteiger partial charge in [-0.3, -0.25) is 4.79 Å². The number of fused-ring (bicyclic) bond motifs is 1. The van der Waals surface area contributed by atoms with E-state index in [-0.39, 0.29) is 18.1 Å². The van der Waals surface area contributed by atoms with Crippen molar-refractivity contribution in [1.82, 2.24) is 0 Å². The first-order valence-electron chi connectivity index (χ1n) is 5.05. The van der Waals surface area contributed by atoms with Crippen LogP contribution in [0.5, 0.6) is 0 Å². The zero-order valence-corrected chi connectivity index (χ0v) is 10.7. The molecule has 0 aliphatic carbocycles. The Kier molecular flexibility index (Phi) is 3.59. The van der Waals surface area contributed by atoms with Gasteiger partial charge in [0.25, 0.3) is 0 Å². The molecule has 1 aliphatic rings. The van der Waals surface area contributed by atoms with Crippen LogP contribution in [0.3, 0.4) is 0 Å². The van der Waals surface area contributed by atoms with Crippen molar-refractivity contribution < 1.29 is 14.3 Å². The van der Waals surface area contributed by atoms with E-state index in [9.17, 15) is 9.59 Å². The van der Waals surface area contributed by atoms with Crippen molar-refractivity contribution in [2.45, 2.75) is 11.8 Å². The molecule has 0 saturated heterocycles. The summed E-state index contributed by atoms with van der Waals surface area (Å²) in [7, 11) is 0. The number of hydrogen-bond acceptors (Lipinski definition) is 4. The lowest BCUT2D eigenvalue weighted by Gasteiger charge is -2.17. The van der Waals surface area contributed by atoms with Crippen molar-refractivity contribution in [2.75, 3.05) is 17.7 Å². The predicted molar refractivity (Wildman–Crippen MR) is 66.8 cm³/mol. The number of carbonyl (C=O) groups is 2. The van der Waals surface area contributed by atoms with Gasteiger partial charge in [-0.05, 0) is 19.1 Å². The molecule has 1 amide bonds. The summed E-state index contributed by atoms with van der Waals surface area (Å²) < 4.78 is 4.88. The van der Waals surface area contributed by atoms with Crippen molar-refractivity contribution in [3.8, 4) is 0 Å². The average molecular weight is 272 g/mol. The monoisotopic (exact) mass is 271 g/mol. The highest BCUT2D eigenvalue weighted by Gasteiger charge is 2.20. The third-order valence-electron chi connectivity index (χ3n) is 2.20. The molecule has 90 valence electrons. The van der Waals surface area contributed by atoms with Crippen LogP contribution in [0.4, 0.5) is 5.69 Å². The first-order valence-corrected chi connectivity index (χ1v) is 6.41. The van der Waals surface area contributed by atoms with Gasteiger partial charge in [0.15, 0.2) is 0 Å². The number of carbonyl (C=O) groups excluding carboxylic acids is 2. The summed E-state index contributed by atoms with van der Waals surface area (Å²) in [4.78, 5) is 23.7.